The van der Waals surface area contributed by atoms with Crippen LogP contribution in [0.4, 0.5) is 19.4 Å². The molecule has 28 heavy (non-hydrogen) atoms. The smallest absolute Gasteiger partial charge is 0.413 e. The Kier molecular flexibility index (Phi) is 4.33. The summed E-state index contributed by atoms with van der Waals surface area (Å²) in [4.78, 5) is 21.7. The number of hydrogen-bond acceptors (Lipinski definition) is 5. The van der Waals surface area contributed by atoms with Crippen molar-refractivity contribution in [1.29, 1.82) is 0 Å². The molecule has 2 heterocycles. The molecular weight excluding hydrogens is 370 g/mol. The summed E-state index contributed by atoms with van der Waals surface area (Å²) in [6.45, 7) is 1.72. The van der Waals surface area contributed by atoms with Crippen molar-refractivity contribution in [3.63, 3.8) is 0 Å². The lowest BCUT2D eigenvalue weighted by atomic mass is 9.91. The Balaban J connectivity index is 1.65. The van der Waals surface area contributed by atoms with Gasteiger partial charge in [-0.1, -0.05) is 0 Å². The van der Waals surface area contributed by atoms with Crippen molar-refractivity contribution in [2.45, 2.75) is 63.0 Å². The average molecular weight is 392 g/mol. The van der Waals surface area contributed by atoms with Crippen LogP contribution in [-0.4, -0.2) is 42.9 Å². The summed E-state index contributed by atoms with van der Waals surface area (Å²) in [5.41, 5.74) is 7.05. The van der Waals surface area contributed by atoms with E-state index in [1.165, 1.54) is 4.68 Å². The number of halogens is 2. The predicted molar refractivity (Wildman–Crippen MR) is 96.7 cm³/mol. The first-order valence-electron chi connectivity index (χ1n) is 9.28. The quantitative estimate of drug-likeness (QED) is 0.828. The van der Waals surface area contributed by atoms with E-state index in [4.69, 9.17) is 5.73 Å². The van der Waals surface area contributed by atoms with Gasteiger partial charge in [-0.15, -0.1) is 0 Å². The third-order valence-electron chi connectivity index (χ3n) is 5.43. The number of aromatic nitrogens is 4. The van der Waals surface area contributed by atoms with Crippen LogP contribution in [0.25, 0.3) is 5.95 Å². The third kappa shape index (κ3) is 3.56. The number of nitrogens with two attached hydrogens (primary N) is 1. The summed E-state index contributed by atoms with van der Waals surface area (Å²) in [6.07, 6.45) is 1.69. The molecule has 2 aromatic heterocycles. The van der Waals surface area contributed by atoms with E-state index in [1.807, 2.05) is 0 Å². The van der Waals surface area contributed by atoms with Gasteiger partial charge in [-0.2, -0.15) is 10.1 Å². The Morgan fingerprint density at radius 1 is 1.29 bits per heavy atom. The Labute approximate surface area is 160 Å². The topological polar surface area (TPSA) is 110 Å². The minimum Gasteiger partial charge on any atom is -0.465 e. The molecule has 150 valence electrons. The standard InChI is InChI=1S/C18H22F2N6O2/c1-11-10-14(26(16(27)28)12-2-5-18(19,20)6-3-12)23-15(22-11)25-9-4-13(24-25)17(21)7-8-17/h4,9-10,12H,2-3,5-8,21H2,1H3,(H,27,28). The van der Waals surface area contributed by atoms with Crippen molar-refractivity contribution in [1.82, 2.24) is 19.7 Å². The van der Waals surface area contributed by atoms with Crippen LogP contribution in [0, 0.1) is 6.92 Å². The molecule has 0 aromatic carbocycles. The second kappa shape index (κ2) is 6.47. The van der Waals surface area contributed by atoms with E-state index < -0.39 is 23.6 Å². The first-order valence-corrected chi connectivity index (χ1v) is 9.28. The summed E-state index contributed by atoms with van der Waals surface area (Å²) >= 11 is 0. The maximum absolute atomic E-state index is 13.5. The normalized spacial score (nSPS) is 20.7. The van der Waals surface area contributed by atoms with E-state index in [0.29, 0.717) is 5.69 Å². The maximum Gasteiger partial charge on any atom is 0.413 e. The number of anilines is 1. The second-order valence-corrected chi connectivity index (χ2v) is 7.71. The number of alkyl halides is 2. The highest BCUT2D eigenvalue weighted by Gasteiger charge is 2.42. The van der Waals surface area contributed by atoms with Gasteiger partial charge in [-0.05, 0) is 38.7 Å². The molecule has 0 unspecified atom stereocenters. The van der Waals surface area contributed by atoms with Gasteiger partial charge in [0, 0.05) is 36.8 Å². The first-order chi connectivity index (χ1) is 13.2. The Morgan fingerprint density at radius 2 is 1.96 bits per heavy atom. The number of aryl methyl sites for hydroxylation is 1. The van der Waals surface area contributed by atoms with E-state index in [1.54, 1.807) is 25.3 Å². The van der Waals surface area contributed by atoms with Crippen LogP contribution < -0.4 is 10.6 Å². The Morgan fingerprint density at radius 3 is 2.57 bits per heavy atom. The van der Waals surface area contributed by atoms with E-state index >= 15 is 0 Å². The van der Waals surface area contributed by atoms with Crippen LogP contribution in [0.1, 0.15) is 49.9 Å². The van der Waals surface area contributed by atoms with Crippen LogP contribution in [0.5, 0.6) is 0 Å². The summed E-state index contributed by atoms with van der Waals surface area (Å²) in [5.74, 6) is -2.35. The third-order valence-corrected chi connectivity index (χ3v) is 5.43. The Bertz CT molecular complexity index is 901. The van der Waals surface area contributed by atoms with Crippen molar-refractivity contribution < 1.29 is 18.7 Å². The summed E-state index contributed by atoms with van der Waals surface area (Å²) < 4.78 is 28.4. The number of nitrogens with zero attached hydrogens (tertiary/aromatic N) is 5. The number of carbonyl (C=O) groups is 1. The molecule has 0 saturated heterocycles. The number of amides is 1. The number of rotatable bonds is 4. The van der Waals surface area contributed by atoms with E-state index in [-0.39, 0.29) is 37.4 Å². The summed E-state index contributed by atoms with van der Waals surface area (Å²) in [6, 6.07) is 2.79. The highest BCUT2D eigenvalue weighted by atomic mass is 19.3. The zero-order chi connectivity index (χ0) is 20.1. The molecule has 3 N–H and O–H groups in total. The largest absolute Gasteiger partial charge is 0.465 e. The van der Waals surface area contributed by atoms with Crippen LogP contribution in [-0.2, 0) is 5.54 Å². The molecule has 2 aliphatic rings. The van der Waals surface area contributed by atoms with Gasteiger partial charge in [-0.3, -0.25) is 4.90 Å². The molecular formula is C18H22F2N6O2. The average Bonchev–Trinajstić information content (AvgIpc) is 3.17. The zero-order valence-corrected chi connectivity index (χ0v) is 15.5. The van der Waals surface area contributed by atoms with Gasteiger partial charge < -0.3 is 10.8 Å². The highest BCUT2D eigenvalue weighted by molar-refractivity contribution is 5.85. The number of carboxylic acid groups (broad SMARTS) is 1. The molecule has 0 aliphatic heterocycles. The van der Waals surface area contributed by atoms with Crippen LogP contribution in [0.15, 0.2) is 18.3 Å². The van der Waals surface area contributed by atoms with Gasteiger partial charge in [0.05, 0.1) is 11.2 Å². The maximum atomic E-state index is 13.5. The zero-order valence-electron chi connectivity index (χ0n) is 15.5. The van der Waals surface area contributed by atoms with E-state index in [9.17, 15) is 18.7 Å². The SMILES string of the molecule is Cc1cc(N(C(=O)O)C2CCC(F)(F)CC2)nc(-n2ccc(C3(N)CC3)n2)n1. The predicted octanol–water partition coefficient (Wildman–Crippen LogP) is 2.98. The first kappa shape index (κ1) is 18.7. The fraction of sp³-hybridized carbons (Fsp3) is 0.556. The van der Waals surface area contributed by atoms with Crippen molar-refractivity contribution in [2.75, 3.05) is 4.90 Å². The molecule has 8 nitrogen and oxygen atoms in total. The van der Waals surface area contributed by atoms with Crippen molar-refractivity contribution >= 4 is 11.9 Å². The minimum atomic E-state index is -2.74. The second-order valence-electron chi connectivity index (χ2n) is 7.71. The lowest BCUT2D eigenvalue weighted by Crippen LogP contribution is -2.44. The molecule has 2 aromatic rings. The summed E-state index contributed by atoms with van der Waals surface area (Å²) in [7, 11) is 0. The molecule has 0 atom stereocenters. The molecule has 10 heteroatoms. The monoisotopic (exact) mass is 392 g/mol. The fourth-order valence-electron chi connectivity index (χ4n) is 3.58. The summed E-state index contributed by atoms with van der Waals surface area (Å²) in [5, 5.41) is 14.2. The van der Waals surface area contributed by atoms with Crippen LogP contribution >= 0.6 is 0 Å². The van der Waals surface area contributed by atoms with Crippen molar-refractivity contribution in [3.8, 4) is 5.95 Å². The van der Waals surface area contributed by atoms with Crippen molar-refractivity contribution in [3.05, 3.63) is 29.7 Å². The molecule has 0 radical (unpaired) electrons. The molecule has 2 fully saturated rings. The van der Waals surface area contributed by atoms with Gasteiger partial charge in [0.15, 0.2) is 0 Å². The van der Waals surface area contributed by atoms with Crippen molar-refractivity contribution in [2.24, 2.45) is 5.73 Å². The van der Waals surface area contributed by atoms with Crippen LogP contribution in [0.3, 0.4) is 0 Å². The molecule has 0 bridgehead atoms. The Hall–Kier alpha value is -2.62. The van der Waals surface area contributed by atoms with Gasteiger partial charge >= 0.3 is 6.09 Å². The van der Waals surface area contributed by atoms with Gasteiger partial charge in [0.1, 0.15) is 5.82 Å². The van der Waals surface area contributed by atoms with Gasteiger partial charge in [-0.25, -0.2) is 23.2 Å². The van der Waals surface area contributed by atoms with Crippen LogP contribution in [0.2, 0.25) is 0 Å². The molecule has 2 aliphatic carbocycles. The molecule has 4 rings (SSSR count). The number of hydrogen-bond donors (Lipinski definition) is 2. The van der Waals surface area contributed by atoms with E-state index in [0.717, 1.165) is 23.4 Å². The molecule has 0 spiro atoms. The van der Waals surface area contributed by atoms with Gasteiger partial charge in [0.2, 0.25) is 5.92 Å². The minimum absolute atomic E-state index is 0.0826. The lowest BCUT2D eigenvalue weighted by Gasteiger charge is -2.34. The fourth-order valence-corrected chi connectivity index (χ4v) is 3.58. The van der Waals surface area contributed by atoms with E-state index in [2.05, 4.69) is 15.1 Å². The molecule has 2 saturated carbocycles. The lowest BCUT2D eigenvalue weighted by molar-refractivity contribution is -0.0379. The van der Waals surface area contributed by atoms with Gasteiger partial charge in [0.25, 0.3) is 5.95 Å². The molecule has 1 amide bonds. The highest BCUT2D eigenvalue weighted by Crippen LogP contribution is 2.41.